The van der Waals surface area contributed by atoms with E-state index in [9.17, 15) is 14.4 Å². The Bertz CT molecular complexity index is 669. The highest BCUT2D eigenvalue weighted by atomic mass is 16.5. The van der Waals surface area contributed by atoms with Crippen LogP contribution in [0.4, 0.5) is 0 Å². The molecule has 1 aliphatic heterocycles. The van der Waals surface area contributed by atoms with Crippen molar-refractivity contribution >= 4 is 23.9 Å². The molecule has 2 rings (SSSR count). The van der Waals surface area contributed by atoms with Crippen molar-refractivity contribution in [3.63, 3.8) is 0 Å². The van der Waals surface area contributed by atoms with Crippen LogP contribution in [0.15, 0.2) is 30.3 Å². The average molecular weight is 360 g/mol. The second kappa shape index (κ2) is 9.60. The normalized spacial score (nSPS) is 17.1. The van der Waals surface area contributed by atoms with E-state index in [1.807, 2.05) is 19.1 Å². The maximum atomic E-state index is 12.2. The first-order valence-corrected chi connectivity index (χ1v) is 8.67. The Morgan fingerprint density at radius 3 is 2.62 bits per heavy atom. The summed E-state index contributed by atoms with van der Waals surface area (Å²) in [5.41, 5.74) is 6.14. The van der Waals surface area contributed by atoms with Crippen LogP contribution in [-0.4, -0.2) is 48.5 Å². The molecule has 0 aromatic heterocycles. The van der Waals surface area contributed by atoms with E-state index in [0.717, 1.165) is 24.2 Å². The lowest BCUT2D eigenvalue weighted by Crippen LogP contribution is -2.51. The molecule has 0 saturated carbocycles. The maximum absolute atomic E-state index is 12.2. The first kappa shape index (κ1) is 19.5. The third-order valence-electron chi connectivity index (χ3n) is 4.09. The van der Waals surface area contributed by atoms with E-state index in [-0.39, 0.29) is 0 Å². The predicted octanol–water partition coefficient (Wildman–Crippen LogP) is 1.51. The molecule has 0 bridgehead atoms. The van der Waals surface area contributed by atoms with E-state index in [2.05, 4.69) is 0 Å². The molecule has 140 valence electrons. The van der Waals surface area contributed by atoms with E-state index < -0.39 is 30.4 Å². The van der Waals surface area contributed by atoms with Crippen molar-refractivity contribution < 1.29 is 23.9 Å². The number of nitrogens with zero attached hydrogens (tertiary/aromatic N) is 1. The van der Waals surface area contributed by atoms with Gasteiger partial charge in [-0.3, -0.25) is 9.59 Å². The van der Waals surface area contributed by atoms with Crippen molar-refractivity contribution in [3.05, 3.63) is 35.9 Å². The fourth-order valence-electron chi connectivity index (χ4n) is 2.80. The topological polar surface area (TPSA) is 98.9 Å². The second-order valence-corrected chi connectivity index (χ2v) is 5.94. The number of rotatable bonds is 7. The third kappa shape index (κ3) is 5.61. The fourth-order valence-corrected chi connectivity index (χ4v) is 2.80. The van der Waals surface area contributed by atoms with Gasteiger partial charge >= 0.3 is 5.97 Å². The minimum atomic E-state index is -0.625. The summed E-state index contributed by atoms with van der Waals surface area (Å²) in [4.78, 5) is 36.8. The summed E-state index contributed by atoms with van der Waals surface area (Å²) < 4.78 is 10.3. The number of likely N-dealkylation sites (tertiary alicyclic amines) is 1. The molecule has 7 heteroatoms. The van der Waals surface area contributed by atoms with Gasteiger partial charge < -0.3 is 20.1 Å². The first-order valence-electron chi connectivity index (χ1n) is 8.67. The van der Waals surface area contributed by atoms with Gasteiger partial charge in [0.05, 0.1) is 6.61 Å². The molecule has 7 nitrogen and oxygen atoms in total. The minimum absolute atomic E-state index is 0.406. The molecule has 1 atom stereocenters. The Morgan fingerprint density at radius 2 is 1.96 bits per heavy atom. The monoisotopic (exact) mass is 360 g/mol. The van der Waals surface area contributed by atoms with E-state index in [4.69, 9.17) is 15.2 Å². The summed E-state index contributed by atoms with van der Waals surface area (Å²) in [6.07, 6.45) is 5.05. The Labute approximate surface area is 152 Å². The van der Waals surface area contributed by atoms with Crippen molar-refractivity contribution in [2.45, 2.75) is 32.2 Å². The molecule has 0 aliphatic carbocycles. The van der Waals surface area contributed by atoms with Gasteiger partial charge in [-0.15, -0.1) is 0 Å². The second-order valence-electron chi connectivity index (χ2n) is 5.94. The molecule has 26 heavy (non-hydrogen) atoms. The average Bonchev–Trinajstić information content (AvgIpc) is 2.65. The zero-order valence-electron chi connectivity index (χ0n) is 14.8. The quantitative estimate of drug-likeness (QED) is 0.587. The van der Waals surface area contributed by atoms with Gasteiger partial charge in [-0.2, -0.15) is 0 Å². The largest absolute Gasteiger partial charge is 0.494 e. The van der Waals surface area contributed by atoms with Crippen LogP contribution in [0.2, 0.25) is 0 Å². The molecule has 2 amide bonds. The van der Waals surface area contributed by atoms with Gasteiger partial charge in [0.2, 0.25) is 5.91 Å². The van der Waals surface area contributed by atoms with Gasteiger partial charge in [-0.05, 0) is 50.0 Å². The molecule has 1 aromatic rings. The number of carbonyl (C=O) groups is 3. The molecule has 1 saturated heterocycles. The lowest BCUT2D eigenvalue weighted by molar-refractivity contribution is -0.151. The van der Waals surface area contributed by atoms with Crippen molar-refractivity contribution in [1.29, 1.82) is 0 Å². The highest BCUT2D eigenvalue weighted by Gasteiger charge is 2.30. The molecule has 2 N–H and O–H groups in total. The molecule has 1 heterocycles. The highest BCUT2D eigenvalue weighted by molar-refractivity contribution is 5.91. The van der Waals surface area contributed by atoms with Crippen LogP contribution in [0.1, 0.15) is 31.7 Å². The van der Waals surface area contributed by atoms with Crippen LogP contribution in [0.3, 0.4) is 0 Å². The number of benzene rings is 1. The van der Waals surface area contributed by atoms with Crippen molar-refractivity contribution in [1.82, 2.24) is 4.90 Å². The molecular weight excluding hydrogens is 336 g/mol. The zero-order valence-corrected chi connectivity index (χ0v) is 14.8. The number of nitrogens with two attached hydrogens (primary N) is 1. The summed E-state index contributed by atoms with van der Waals surface area (Å²) >= 11 is 0. The number of esters is 1. The number of hydrogen-bond donors (Lipinski definition) is 1. The number of primary amides is 1. The summed E-state index contributed by atoms with van der Waals surface area (Å²) in [6.45, 7) is 2.53. The van der Waals surface area contributed by atoms with Crippen LogP contribution in [0, 0.1) is 0 Å². The number of piperidine rings is 1. The zero-order chi connectivity index (χ0) is 18.9. The molecule has 1 fully saturated rings. The lowest BCUT2D eigenvalue weighted by atomic mass is 10.0. The van der Waals surface area contributed by atoms with Crippen molar-refractivity contribution in [3.8, 4) is 5.75 Å². The van der Waals surface area contributed by atoms with Crippen LogP contribution in [-0.2, 0) is 19.1 Å². The number of carbonyl (C=O) groups excluding carboxylic acids is 3. The molecule has 0 radical (unpaired) electrons. The summed E-state index contributed by atoms with van der Waals surface area (Å²) in [6, 6.07) is 6.61. The van der Waals surface area contributed by atoms with Crippen molar-refractivity contribution in [2.24, 2.45) is 5.73 Å². The van der Waals surface area contributed by atoms with E-state index in [0.29, 0.717) is 19.6 Å². The minimum Gasteiger partial charge on any atom is -0.494 e. The smallest absolute Gasteiger partial charge is 0.331 e. The summed E-state index contributed by atoms with van der Waals surface area (Å²) in [5.74, 6) is -0.806. The van der Waals surface area contributed by atoms with Gasteiger partial charge in [0.1, 0.15) is 11.8 Å². The number of ether oxygens (including phenoxy) is 2. The van der Waals surface area contributed by atoms with Crippen LogP contribution >= 0.6 is 0 Å². The maximum Gasteiger partial charge on any atom is 0.331 e. The standard InChI is InChI=1S/C19H24N2O5/c1-2-25-15-9-6-14(7-10-15)8-11-18(23)26-13-17(22)21-12-4-3-5-16(21)19(20)24/h6-11,16H,2-5,12-13H2,1H3,(H2,20,24)/b11-8+/t16-/m0/s1. The molecule has 0 spiro atoms. The Hall–Kier alpha value is -2.83. The van der Waals surface area contributed by atoms with Gasteiger partial charge in [-0.1, -0.05) is 12.1 Å². The SMILES string of the molecule is CCOc1ccc(/C=C/C(=O)OCC(=O)N2CCCC[C@H]2C(N)=O)cc1. The van der Waals surface area contributed by atoms with Gasteiger partial charge in [0.25, 0.3) is 5.91 Å². The van der Waals surface area contributed by atoms with E-state index in [1.165, 1.54) is 11.0 Å². The Balaban J connectivity index is 1.83. The van der Waals surface area contributed by atoms with Crippen LogP contribution in [0.25, 0.3) is 6.08 Å². The summed E-state index contributed by atoms with van der Waals surface area (Å²) in [7, 11) is 0. The van der Waals surface area contributed by atoms with E-state index >= 15 is 0 Å². The van der Waals surface area contributed by atoms with Gasteiger partial charge in [0.15, 0.2) is 6.61 Å². The van der Waals surface area contributed by atoms with Crippen LogP contribution < -0.4 is 10.5 Å². The fraction of sp³-hybridized carbons (Fsp3) is 0.421. The van der Waals surface area contributed by atoms with Crippen molar-refractivity contribution in [2.75, 3.05) is 19.8 Å². The van der Waals surface area contributed by atoms with Gasteiger partial charge in [-0.25, -0.2) is 4.79 Å². The Morgan fingerprint density at radius 1 is 1.23 bits per heavy atom. The molecular formula is C19H24N2O5. The number of amides is 2. The first-order chi connectivity index (χ1) is 12.5. The third-order valence-corrected chi connectivity index (χ3v) is 4.09. The number of hydrogen-bond acceptors (Lipinski definition) is 5. The van der Waals surface area contributed by atoms with Gasteiger partial charge in [0, 0.05) is 12.6 Å². The highest BCUT2D eigenvalue weighted by Crippen LogP contribution is 2.17. The van der Waals surface area contributed by atoms with Crippen LogP contribution in [0.5, 0.6) is 5.75 Å². The van der Waals surface area contributed by atoms with E-state index in [1.54, 1.807) is 18.2 Å². The summed E-state index contributed by atoms with van der Waals surface area (Å²) in [5, 5.41) is 0. The molecule has 0 unspecified atom stereocenters. The predicted molar refractivity (Wildman–Crippen MR) is 96.2 cm³/mol. The lowest BCUT2D eigenvalue weighted by Gasteiger charge is -2.33. The molecule has 1 aliphatic rings. The molecule has 1 aromatic carbocycles. The Kier molecular flexibility index (Phi) is 7.20.